The Hall–Kier alpha value is -1.48. The molecule has 0 bridgehead atoms. The van der Waals surface area contributed by atoms with Gasteiger partial charge in [0.25, 0.3) is 0 Å². The van der Waals surface area contributed by atoms with Crippen LogP contribution in [0.5, 0.6) is 0 Å². The van der Waals surface area contributed by atoms with Gasteiger partial charge in [0.05, 0.1) is 12.2 Å². The molecule has 18 heavy (non-hydrogen) atoms. The Morgan fingerprint density at radius 2 is 2.11 bits per heavy atom. The second-order valence-electron chi connectivity index (χ2n) is 3.16. The van der Waals surface area contributed by atoms with Gasteiger partial charge >= 0.3 is 12.1 Å². The molecule has 0 amide bonds. The van der Waals surface area contributed by atoms with Crippen molar-refractivity contribution in [2.75, 3.05) is 6.61 Å². The van der Waals surface area contributed by atoms with Crippen LogP contribution in [-0.4, -0.2) is 12.6 Å². The van der Waals surface area contributed by atoms with E-state index in [4.69, 9.17) is 0 Å². The fourth-order valence-electron chi connectivity index (χ4n) is 1.11. The van der Waals surface area contributed by atoms with Gasteiger partial charge < -0.3 is 4.74 Å². The van der Waals surface area contributed by atoms with E-state index in [-0.39, 0.29) is 16.6 Å². The van der Waals surface area contributed by atoms with E-state index >= 15 is 0 Å². The van der Waals surface area contributed by atoms with Crippen molar-refractivity contribution in [1.82, 2.24) is 0 Å². The Bertz CT molecular complexity index is 512. The number of esters is 1. The smallest absolute Gasteiger partial charge is 0.417 e. The average molecular weight is 321 g/mol. The van der Waals surface area contributed by atoms with Crippen molar-refractivity contribution in [3.05, 3.63) is 33.8 Å². The first kappa shape index (κ1) is 14.6. The molecule has 0 N–H and O–H groups in total. The molecule has 0 heterocycles. The number of ether oxygens (including phenoxy) is 1. The summed E-state index contributed by atoms with van der Waals surface area (Å²) in [6.07, 6.45) is -4.47. The third-order valence-electron chi connectivity index (χ3n) is 1.86. The highest BCUT2D eigenvalue weighted by molar-refractivity contribution is 9.10. The summed E-state index contributed by atoms with van der Waals surface area (Å²) in [5.74, 6) is 3.66. The fraction of sp³-hybridized carbons (Fsp3) is 0.250. The molecule has 0 atom stereocenters. The number of carbonyl (C=O) groups is 1. The Kier molecular flexibility index (Phi) is 4.79. The maximum atomic E-state index is 12.6. The fourth-order valence-corrected chi connectivity index (χ4v) is 1.58. The van der Waals surface area contributed by atoms with Gasteiger partial charge in [0.2, 0.25) is 0 Å². The second kappa shape index (κ2) is 5.91. The second-order valence-corrected chi connectivity index (χ2v) is 4.02. The van der Waals surface area contributed by atoms with Gasteiger partial charge in [-0.15, -0.1) is 0 Å². The van der Waals surface area contributed by atoms with Crippen LogP contribution >= 0.6 is 15.9 Å². The van der Waals surface area contributed by atoms with E-state index < -0.39 is 17.7 Å². The van der Waals surface area contributed by atoms with E-state index in [2.05, 4.69) is 32.5 Å². The van der Waals surface area contributed by atoms with Gasteiger partial charge in [-0.05, 0) is 25.1 Å². The minimum Gasteiger partial charge on any atom is -0.456 e. The SMILES string of the molecule is CCOC(=O)C#Cc1ccc(Br)c(C(F)(F)F)c1. The highest BCUT2D eigenvalue weighted by atomic mass is 79.9. The predicted octanol–water partition coefficient (Wildman–Crippen LogP) is 3.38. The lowest BCUT2D eigenvalue weighted by molar-refractivity contribution is -0.138. The third kappa shape index (κ3) is 4.08. The topological polar surface area (TPSA) is 26.3 Å². The van der Waals surface area contributed by atoms with Gasteiger partial charge in [-0.2, -0.15) is 13.2 Å². The molecule has 6 heteroatoms. The van der Waals surface area contributed by atoms with Crippen LogP contribution < -0.4 is 0 Å². The number of alkyl halides is 3. The molecule has 0 aliphatic heterocycles. The van der Waals surface area contributed by atoms with Crippen molar-refractivity contribution in [3.8, 4) is 11.8 Å². The van der Waals surface area contributed by atoms with Crippen LogP contribution in [0.15, 0.2) is 22.7 Å². The lowest BCUT2D eigenvalue weighted by Crippen LogP contribution is -2.06. The Morgan fingerprint density at radius 3 is 2.67 bits per heavy atom. The number of halogens is 4. The van der Waals surface area contributed by atoms with E-state index in [0.717, 1.165) is 6.07 Å². The quantitative estimate of drug-likeness (QED) is 0.585. The first-order valence-corrected chi connectivity index (χ1v) is 5.69. The summed E-state index contributed by atoms with van der Waals surface area (Å²) in [5.41, 5.74) is -0.739. The molecule has 0 saturated carbocycles. The zero-order chi connectivity index (χ0) is 13.8. The lowest BCUT2D eigenvalue weighted by Gasteiger charge is -2.08. The highest BCUT2D eigenvalue weighted by Gasteiger charge is 2.32. The van der Waals surface area contributed by atoms with E-state index in [1.165, 1.54) is 12.1 Å². The van der Waals surface area contributed by atoms with Crippen molar-refractivity contribution in [2.24, 2.45) is 0 Å². The minimum absolute atomic E-state index is 0.0725. The summed E-state index contributed by atoms with van der Waals surface area (Å²) in [4.78, 5) is 10.9. The zero-order valence-electron chi connectivity index (χ0n) is 9.27. The molecule has 0 spiro atoms. The van der Waals surface area contributed by atoms with Crippen molar-refractivity contribution >= 4 is 21.9 Å². The van der Waals surface area contributed by atoms with E-state index in [9.17, 15) is 18.0 Å². The molecule has 0 saturated heterocycles. The number of rotatable bonds is 1. The van der Waals surface area contributed by atoms with Gasteiger partial charge in [0.1, 0.15) is 0 Å². The number of hydrogen-bond donors (Lipinski definition) is 0. The normalized spacial score (nSPS) is 10.5. The molecule has 2 nitrogen and oxygen atoms in total. The molecule has 1 aromatic carbocycles. The molecule has 1 rings (SSSR count). The van der Waals surface area contributed by atoms with Crippen LogP contribution in [0.1, 0.15) is 18.1 Å². The van der Waals surface area contributed by atoms with Crippen LogP contribution in [0, 0.1) is 11.8 Å². The molecular weight excluding hydrogens is 313 g/mol. The molecule has 0 aliphatic rings. The summed E-state index contributed by atoms with van der Waals surface area (Å²) in [6.45, 7) is 1.78. The monoisotopic (exact) mass is 320 g/mol. The highest BCUT2D eigenvalue weighted by Crippen LogP contribution is 2.35. The minimum atomic E-state index is -4.47. The van der Waals surface area contributed by atoms with Crippen LogP contribution in [-0.2, 0) is 15.7 Å². The Labute approximate surface area is 110 Å². The van der Waals surface area contributed by atoms with E-state index in [1.807, 2.05) is 0 Å². The van der Waals surface area contributed by atoms with Crippen molar-refractivity contribution < 1.29 is 22.7 Å². The van der Waals surface area contributed by atoms with Crippen LogP contribution in [0.25, 0.3) is 0 Å². The standard InChI is InChI=1S/C12H8BrF3O2/c1-2-18-11(17)6-4-8-3-5-10(13)9(7-8)12(14,15)16/h3,5,7H,2H2,1H3. The van der Waals surface area contributed by atoms with Crippen molar-refractivity contribution in [2.45, 2.75) is 13.1 Å². The van der Waals surface area contributed by atoms with Crippen LogP contribution in [0.4, 0.5) is 13.2 Å². The lowest BCUT2D eigenvalue weighted by atomic mass is 10.1. The van der Waals surface area contributed by atoms with Gasteiger partial charge in [0, 0.05) is 16.0 Å². The average Bonchev–Trinajstić information content (AvgIpc) is 2.27. The first-order valence-electron chi connectivity index (χ1n) is 4.90. The van der Waals surface area contributed by atoms with Crippen molar-refractivity contribution in [3.63, 3.8) is 0 Å². The van der Waals surface area contributed by atoms with E-state index in [1.54, 1.807) is 6.92 Å². The summed E-state index contributed by atoms with van der Waals surface area (Å²) in [5, 5.41) is 0. The summed E-state index contributed by atoms with van der Waals surface area (Å²) >= 11 is 2.81. The Morgan fingerprint density at radius 1 is 1.44 bits per heavy atom. The molecule has 1 aromatic rings. The summed E-state index contributed by atoms with van der Waals surface area (Å²) in [6, 6.07) is 3.49. The summed E-state index contributed by atoms with van der Waals surface area (Å²) in [7, 11) is 0. The molecule has 0 aliphatic carbocycles. The van der Waals surface area contributed by atoms with Crippen LogP contribution in [0.2, 0.25) is 0 Å². The van der Waals surface area contributed by atoms with Gasteiger partial charge in [-0.1, -0.05) is 21.9 Å². The summed E-state index contributed by atoms with van der Waals surface area (Å²) < 4.78 is 42.2. The zero-order valence-corrected chi connectivity index (χ0v) is 10.9. The first-order chi connectivity index (χ1) is 8.34. The van der Waals surface area contributed by atoms with Crippen LogP contribution in [0.3, 0.4) is 0 Å². The Balaban J connectivity index is 3.03. The molecule has 0 radical (unpaired) electrons. The number of benzene rings is 1. The molecular formula is C12H8BrF3O2. The van der Waals surface area contributed by atoms with Crippen molar-refractivity contribution in [1.29, 1.82) is 0 Å². The molecule has 0 fully saturated rings. The van der Waals surface area contributed by atoms with E-state index in [0.29, 0.717) is 0 Å². The maximum absolute atomic E-state index is 12.6. The number of hydrogen-bond acceptors (Lipinski definition) is 2. The number of carbonyl (C=O) groups excluding carboxylic acids is 1. The third-order valence-corrected chi connectivity index (χ3v) is 2.55. The largest absolute Gasteiger partial charge is 0.456 e. The van der Waals surface area contributed by atoms with Gasteiger partial charge in [-0.3, -0.25) is 0 Å². The predicted molar refractivity (Wildman–Crippen MR) is 62.7 cm³/mol. The molecule has 96 valence electrons. The maximum Gasteiger partial charge on any atom is 0.417 e. The molecule has 0 aromatic heterocycles. The molecule has 0 unspecified atom stereocenters. The van der Waals surface area contributed by atoms with Gasteiger partial charge in [-0.25, -0.2) is 4.79 Å². The van der Waals surface area contributed by atoms with Gasteiger partial charge in [0.15, 0.2) is 0 Å².